The summed E-state index contributed by atoms with van der Waals surface area (Å²) in [4.78, 5) is 9.09. The number of hydrogen-bond donors (Lipinski definition) is 0. The van der Waals surface area contributed by atoms with Crippen LogP contribution in [0.4, 0.5) is 0 Å². The molecule has 0 saturated heterocycles. The van der Waals surface area contributed by atoms with Crippen molar-refractivity contribution in [3.05, 3.63) is 69.6 Å². The standard InChI is InChI=1S/C19H15Cl2N3/c1-11-15(20)9-17-14(19(11)21)5-4-13(23-17)7-12-3-6-16-18(8-12)24(2)10-22-16/h3-6,8-10H,7H2,1-2H3. The zero-order valence-electron chi connectivity index (χ0n) is 13.3. The maximum Gasteiger partial charge on any atom is 0.0955 e. The molecule has 2 aromatic carbocycles. The Bertz CT molecular complexity index is 1080. The van der Waals surface area contributed by atoms with Crippen LogP contribution < -0.4 is 0 Å². The van der Waals surface area contributed by atoms with Crippen molar-refractivity contribution in [1.29, 1.82) is 0 Å². The van der Waals surface area contributed by atoms with E-state index >= 15 is 0 Å². The van der Waals surface area contributed by atoms with Gasteiger partial charge in [-0.25, -0.2) is 4.98 Å². The van der Waals surface area contributed by atoms with Gasteiger partial charge < -0.3 is 4.57 Å². The molecule has 0 amide bonds. The van der Waals surface area contributed by atoms with Crippen molar-refractivity contribution in [2.75, 3.05) is 0 Å². The summed E-state index contributed by atoms with van der Waals surface area (Å²) >= 11 is 12.6. The van der Waals surface area contributed by atoms with E-state index in [-0.39, 0.29) is 0 Å². The van der Waals surface area contributed by atoms with Crippen LogP contribution in [-0.2, 0) is 13.5 Å². The third kappa shape index (κ3) is 2.54. The Kier molecular flexibility index (Phi) is 3.70. The maximum absolute atomic E-state index is 6.38. The SMILES string of the molecule is Cc1c(Cl)cc2nc(Cc3ccc4ncn(C)c4c3)ccc2c1Cl. The van der Waals surface area contributed by atoms with E-state index in [0.717, 1.165) is 39.6 Å². The Morgan fingerprint density at radius 2 is 1.88 bits per heavy atom. The predicted molar refractivity (Wildman–Crippen MR) is 100 cm³/mol. The normalized spacial score (nSPS) is 11.5. The summed E-state index contributed by atoms with van der Waals surface area (Å²) in [5.74, 6) is 0. The zero-order valence-corrected chi connectivity index (χ0v) is 14.9. The van der Waals surface area contributed by atoms with E-state index in [4.69, 9.17) is 28.2 Å². The molecule has 2 heterocycles. The van der Waals surface area contributed by atoms with Crippen molar-refractivity contribution in [3.8, 4) is 0 Å². The fraction of sp³-hybridized carbons (Fsp3) is 0.158. The number of aromatic nitrogens is 3. The summed E-state index contributed by atoms with van der Waals surface area (Å²) < 4.78 is 2.02. The summed E-state index contributed by atoms with van der Waals surface area (Å²) in [6.07, 6.45) is 2.58. The van der Waals surface area contributed by atoms with Gasteiger partial charge in [-0.1, -0.05) is 29.3 Å². The van der Waals surface area contributed by atoms with E-state index in [2.05, 4.69) is 17.1 Å². The third-order valence-corrected chi connectivity index (χ3v) is 5.22. The van der Waals surface area contributed by atoms with Crippen molar-refractivity contribution >= 4 is 45.1 Å². The van der Waals surface area contributed by atoms with Crippen LogP contribution in [0.3, 0.4) is 0 Å². The minimum atomic E-state index is 0.647. The molecule has 120 valence electrons. The number of nitrogens with zero attached hydrogens (tertiary/aromatic N) is 3. The van der Waals surface area contributed by atoms with Crippen molar-refractivity contribution in [2.24, 2.45) is 7.05 Å². The lowest BCUT2D eigenvalue weighted by molar-refractivity contribution is 0.946. The van der Waals surface area contributed by atoms with E-state index in [1.54, 1.807) is 0 Å². The van der Waals surface area contributed by atoms with Crippen molar-refractivity contribution < 1.29 is 0 Å². The quantitative estimate of drug-likeness (QED) is 0.486. The average molecular weight is 356 g/mol. The molecule has 0 fully saturated rings. The second-order valence-electron chi connectivity index (χ2n) is 6.02. The summed E-state index contributed by atoms with van der Waals surface area (Å²) in [6, 6.07) is 12.2. The molecule has 0 saturated carbocycles. The molecule has 4 aromatic rings. The fourth-order valence-electron chi connectivity index (χ4n) is 2.94. The molecule has 0 unspecified atom stereocenters. The van der Waals surface area contributed by atoms with Crippen LogP contribution >= 0.6 is 23.2 Å². The fourth-order valence-corrected chi connectivity index (χ4v) is 3.44. The predicted octanol–water partition coefficient (Wildman–Crippen LogP) is 5.33. The number of fused-ring (bicyclic) bond motifs is 2. The molecule has 24 heavy (non-hydrogen) atoms. The van der Waals surface area contributed by atoms with Gasteiger partial charge in [0, 0.05) is 29.6 Å². The Hall–Kier alpha value is -2.10. The topological polar surface area (TPSA) is 30.7 Å². The molecule has 0 aliphatic rings. The van der Waals surface area contributed by atoms with E-state index < -0.39 is 0 Å². The first-order valence-electron chi connectivity index (χ1n) is 7.67. The van der Waals surface area contributed by atoms with Crippen LogP contribution in [0.5, 0.6) is 0 Å². The Morgan fingerprint density at radius 1 is 1.04 bits per heavy atom. The Morgan fingerprint density at radius 3 is 2.71 bits per heavy atom. The van der Waals surface area contributed by atoms with Gasteiger partial charge in [0.1, 0.15) is 0 Å². The molecular formula is C19H15Cl2N3. The van der Waals surface area contributed by atoms with Gasteiger partial charge in [-0.15, -0.1) is 0 Å². The van der Waals surface area contributed by atoms with Crippen molar-refractivity contribution in [3.63, 3.8) is 0 Å². The number of aryl methyl sites for hydroxylation is 1. The van der Waals surface area contributed by atoms with Gasteiger partial charge in [-0.3, -0.25) is 4.98 Å². The second kappa shape index (κ2) is 5.76. The summed E-state index contributed by atoms with van der Waals surface area (Å²) in [6.45, 7) is 1.92. The van der Waals surface area contributed by atoms with Gasteiger partial charge >= 0.3 is 0 Å². The van der Waals surface area contributed by atoms with Crippen LogP contribution in [0.15, 0.2) is 42.7 Å². The first kappa shape index (κ1) is 15.4. The van der Waals surface area contributed by atoms with Crippen LogP contribution in [0.2, 0.25) is 10.0 Å². The molecular weight excluding hydrogens is 341 g/mol. The number of pyridine rings is 1. The highest BCUT2D eigenvalue weighted by molar-refractivity contribution is 6.39. The van der Waals surface area contributed by atoms with Gasteiger partial charge in [0.05, 0.1) is 27.9 Å². The van der Waals surface area contributed by atoms with Gasteiger partial charge in [-0.2, -0.15) is 0 Å². The number of benzene rings is 2. The molecule has 0 spiro atoms. The Balaban J connectivity index is 1.75. The molecule has 0 bridgehead atoms. The lowest BCUT2D eigenvalue weighted by Gasteiger charge is -2.08. The zero-order chi connectivity index (χ0) is 16.8. The van der Waals surface area contributed by atoms with Crippen molar-refractivity contribution in [1.82, 2.24) is 14.5 Å². The van der Waals surface area contributed by atoms with Gasteiger partial charge in [0.25, 0.3) is 0 Å². The number of hydrogen-bond acceptors (Lipinski definition) is 2. The highest BCUT2D eigenvalue weighted by Crippen LogP contribution is 2.32. The molecule has 4 rings (SSSR count). The minimum Gasteiger partial charge on any atom is -0.334 e. The molecule has 5 heteroatoms. The van der Waals surface area contributed by atoms with E-state index in [9.17, 15) is 0 Å². The first-order valence-corrected chi connectivity index (χ1v) is 8.43. The summed E-state index contributed by atoms with van der Waals surface area (Å²) in [7, 11) is 2.00. The largest absolute Gasteiger partial charge is 0.334 e. The second-order valence-corrected chi connectivity index (χ2v) is 6.81. The lowest BCUT2D eigenvalue weighted by atomic mass is 10.1. The third-order valence-electron chi connectivity index (χ3n) is 4.34. The smallest absolute Gasteiger partial charge is 0.0955 e. The van der Waals surface area contributed by atoms with Crippen LogP contribution in [-0.4, -0.2) is 14.5 Å². The first-order chi connectivity index (χ1) is 11.5. The van der Waals surface area contributed by atoms with Gasteiger partial charge in [0.2, 0.25) is 0 Å². The van der Waals surface area contributed by atoms with Crippen LogP contribution in [0.25, 0.3) is 21.9 Å². The number of imidazole rings is 1. The highest BCUT2D eigenvalue weighted by atomic mass is 35.5. The average Bonchev–Trinajstić information content (AvgIpc) is 2.93. The van der Waals surface area contributed by atoms with Gasteiger partial charge in [0.15, 0.2) is 0 Å². The minimum absolute atomic E-state index is 0.647. The Labute approximate surface area is 149 Å². The molecule has 0 radical (unpaired) electrons. The maximum atomic E-state index is 6.38. The molecule has 0 aliphatic carbocycles. The van der Waals surface area contributed by atoms with Gasteiger partial charge in [-0.05, 0) is 48.4 Å². The van der Waals surface area contributed by atoms with E-state index in [0.29, 0.717) is 10.0 Å². The number of rotatable bonds is 2. The van der Waals surface area contributed by atoms with Crippen LogP contribution in [0.1, 0.15) is 16.8 Å². The summed E-state index contributed by atoms with van der Waals surface area (Å²) in [5.41, 5.74) is 6.02. The van der Waals surface area contributed by atoms with Crippen molar-refractivity contribution in [2.45, 2.75) is 13.3 Å². The molecule has 2 aromatic heterocycles. The van der Waals surface area contributed by atoms with Crippen LogP contribution in [0, 0.1) is 6.92 Å². The summed E-state index contributed by atoms with van der Waals surface area (Å²) in [5, 5.41) is 2.26. The van der Waals surface area contributed by atoms with E-state index in [1.165, 1.54) is 5.56 Å². The highest BCUT2D eigenvalue weighted by Gasteiger charge is 2.09. The molecule has 0 aliphatic heterocycles. The van der Waals surface area contributed by atoms with E-state index in [1.807, 2.05) is 49.1 Å². The molecule has 0 atom stereocenters. The lowest BCUT2D eigenvalue weighted by Crippen LogP contribution is -1.95. The molecule has 0 N–H and O–H groups in total. The molecule has 3 nitrogen and oxygen atoms in total. The number of halogens is 2. The monoisotopic (exact) mass is 355 g/mol.